The van der Waals surface area contributed by atoms with Crippen LogP contribution in [0.2, 0.25) is 0 Å². The molecule has 0 aliphatic rings. The summed E-state index contributed by atoms with van der Waals surface area (Å²) in [6.45, 7) is -1.37. The topological polar surface area (TPSA) is 70.7 Å². The smallest absolute Gasteiger partial charge is 0.387 e. The maximum Gasteiger partial charge on any atom is 0.387 e. The molecule has 0 aromatic heterocycles. The summed E-state index contributed by atoms with van der Waals surface area (Å²) in [5.74, 6) is -0.530. The largest absolute Gasteiger partial charge is 0.433 e. The first-order valence-corrected chi connectivity index (χ1v) is 8.18. The third kappa shape index (κ3) is 5.67. The Bertz CT molecular complexity index is 808. The number of anilines is 2. The van der Waals surface area contributed by atoms with Gasteiger partial charge in [0.15, 0.2) is 0 Å². The van der Waals surface area contributed by atoms with Gasteiger partial charge in [0.2, 0.25) is 5.91 Å². The number of aryl methyl sites for hydroxylation is 1. The Kier molecular flexibility index (Phi) is 6.70. The van der Waals surface area contributed by atoms with E-state index >= 15 is 0 Å². The minimum absolute atomic E-state index is 0.0237. The van der Waals surface area contributed by atoms with E-state index in [2.05, 4.69) is 15.4 Å². The number of alkyl halides is 2. The lowest BCUT2D eigenvalue weighted by Gasteiger charge is -2.15. The minimum atomic E-state index is -2.95. The summed E-state index contributed by atoms with van der Waals surface area (Å²) < 4.78 is 29.5. The number of amides is 2. The van der Waals surface area contributed by atoms with Gasteiger partial charge >= 0.3 is 6.61 Å². The number of nitrogens with one attached hydrogen (secondary N) is 2. The van der Waals surface area contributed by atoms with E-state index in [1.54, 1.807) is 57.4 Å². The van der Waals surface area contributed by atoms with Crippen molar-refractivity contribution in [3.05, 3.63) is 53.6 Å². The summed E-state index contributed by atoms with van der Waals surface area (Å²) in [5.41, 5.74) is 2.03. The lowest BCUT2D eigenvalue weighted by Crippen LogP contribution is -2.23. The van der Waals surface area contributed by atoms with E-state index in [1.165, 1.54) is 11.0 Å². The molecule has 0 atom stereocenters. The number of halogens is 2. The Morgan fingerprint density at radius 1 is 1.11 bits per heavy atom. The molecule has 0 radical (unpaired) electrons. The van der Waals surface area contributed by atoms with Gasteiger partial charge in [-0.1, -0.05) is 12.1 Å². The molecular weight excluding hydrogens is 356 g/mol. The van der Waals surface area contributed by atoms with E-state index in [4.69, 9.17) is 0 Å². The maximum absolute atomic E-state index is 12.5. The summed E-state index contributed by atoms with van der Waals surface area (Å²) in [4.78, 5) is 25.4. The van der Waals surface area contributed by atoms with Crippen molar-refractivity contribution in [2.75, 3.05) is 31.3 Å². The van der Waals surface area contributed by atoms with E-state index in [0.717, 1.165) is 0 Å². The molecule has 0 saturated carbocycles. The minimum Gasteiger partial charge on any atom is -0.433 e. The molecule has 2 aromatic rings. The zero-order valence-electron chi connectivity index (χ0n) is 15.3. The predicted octanol–water partition coefficient (Wildman–Crippen LogP) is 3.35. The molecule has 8 heteroatoms. The van der Waals surface area contributed by atoms with Crippen molar-refractivity contribution in [3.8, 4) is 5.75 Å². The third-order valence-corrected chi connectivity index (χ3v) is 3.70. The van der Waals surface area contributed by atoms with Crippen molar-refractivity contribution >= 4 is 23.2 Å². The number of nitrogens with zero attached hydrogens (tertiary/aromatic N) is 1. The Labute approximate surface area is 156 Å². The molecule has 2 N–H and O–H groups in total. The number of para-hydroxylation sites is 1. The fourth-order valence-electron chi connectivity index (χ4n) is 2.39. The summed E-state index contributed by atoms with van der Waals surface area (Å²) in [7, 11) is 3.31. The van der Waals surface area contributed by atoms with Crippen LogP contribution in [0.3, 0.4) is 0 Å². The lowest BCUT2D eigenvalue weighted by atomic mass is 10.2. The van der Waals surface area contributed by atoms with Crippen LogP contribution in [-0.2, 0) is 4.79 Å². The van der Waals surface area contributed by atoms with Crippen LogP contribution in [0.15, 0.2) is 42.5 Å². The van der Waals surface area contributed by atoms with Gasteiger partial charge in [-0.05, 0) is 42.8 Å². The monoisotopic (exact) mass is 377 g/mol. The molecule has 0 spiro atoms. The number of ether oxygens (including phenoxy) is 1. The first-order valence-electron chi connectivity index (χ1n) is 8.18. The fourth-order valence-corrected chi connectivity index (χ4v) is 2.39. The van der Waals surface area contributed by atoms with Crippen LogP contribution < -0.4 is 15.4 Å². The molecule has 0 aliphatic carbocycles. The van der Waals surface area contributed by atoms with Crippen molar-refractivity contribution in [2.24, 2.45) is 0 Å². The summed E-state index contributed by atoms with van der Waals surface area (Å²) >= 11 is 0. The van der Waals surface area contributed by atoms with Crippen LogP contribution >= 0.6 is 0 Å². The summed E-state index contributed by atoms with van der Waals surface area (Å²) in [6, 6.07) is 11.2. The highest BCUT2D eigenvalue weighted by atomic mass is 19.3. The molecule has 27 heavy (non-hydrogen) atoms. The van der Waals surface area contributed by atoms with Crippen LogP contribution in [0, 0.1) is 6.92 Å². The zero-order chi connectivity index (χ0) is 20.0. The van der Waals surface area contributed by atoms with Gasteiger partial charge in [0.05, 0.1) is 12.2 Å². The third-order valence-electron chi connectivity index (χ3n) is 3.70. The van der Waals surface area contributed by atoms with E-state index in [1.807, 2.05) is 0 Å². The van der Waals surface area contributed by atoms with Crippen LogP contribution in [0.5, 0.6) is 5.75 Å². The molecule has 0 heterocycles. The zero-order valence-corrected chi connectivity index (χ0v) is 15.3. The average Bonchev–Trinajstić information content (AvgIpc) is 2.60. The summed E-state index contributed by atoms with van der Waals surface area (Å²) in [6.07, 6.45) is 0. The predicted molar refractivity (Wildman–Crippen MR) is 99.4 cm³/mol. The quantitative estimate of drug-likeness (QED) is 0.776. The van der Waals surface area contributed by atoms with E-state index in [9.17, 15) is 18.4 Å². The molecule has 144 valence electrons. The molecule has 6 nitrogen and oxygen atoms in total. The van der Waals surface area contributed by atoms with Gasteiger partial charge in [-0.3, -0.25) is 9.59 Å². The van der Waals surface area contributed by atoms with Gasteiger partial charge in [-0.25, -0.2) is 0 Å². The summed E-state index contributed by atoms with van der Waals surface area (Å²) in [5, 5.41) is 5.49. The van der Waals surface area contributed by atoms with Crippen LogP contribution in [0.4, 0.5) is 20.2 Å². The van der Waals surface area contributed by atoms with Gasteiger partial charge in [0.1, 0.15) is 5.75 Å². The Morgan fingerprint density at radius 3 is 2.37 bits per heavy atom. The number of carbonyl (C=O) groups excluding carboxylic acids is 2. The Morgan fingerprint density at radius 2 is 1.78 bits per heavy atom. The molecule has 2 rings (SSSR count). The maximum atomic E-state index is 12.5. The molecule has 0 aliphatic heterocycles. The second kappa shape index (κ2) is 8.98. The highest BCUT2D eigenvalue weighted by Crippen LogP contribution is 2.29. The van der Waals surface area contributed by atoms with Crippen molar-refractivity contribution < 1.29 is 23.1 Å². The molecule has 2 aromatic carbocycles. The Balaban J connectivity index is 1.98. The second-order valence-electron chi connectivity index (χ2n) is 6.01. The molecule has 2 amide bonds. The van der Waals surface area contributed by atoms with Gasteiger partial charge < -0.3 is 20.3 Å². The van der Waals surface area contributed by atoms with Gasteiger partial charge in [-0.15, -0.1) is 0 Å². The molecule has 0 unspecified atom stereocenters. The van der Waals surface area contributed by atoms with Crippen molar-refractivity contribution in [3.63, 3.8) is 0 Å². The fraction of sp³-hybridized carbons (Fsp3) is 0.263. The first-order chi connectivity index (χ1) is 12.8. The highest BCUT2D eigenvalue weighted by molar-refractivity contribution is 5.96. The van der Waals surface area contributed by atoms with E-state index < -0.39 is 6.61 Å². The number of rotatable bonds is 7. The van der Waals surface area contributed by atoms with Crippen LogP contribution in [-0.4, -0.2) is 44.0 Å². The van der Waals surface area contributed by atoms with Crippen molar-refractivity contribution in [1.29, 1.82) is 0 Å². The normalized spacial score (nSPS) is 10.4. The van der Waals surface area contributed by atoms with Crippen LogP contribution in [0.1, 0.15) is 15.9 Å². The average molecular weight is 377 g/mol. The molecular formula is C19H21F2N3O3. The van der Waals surface area contributed by atoms with Gasteiger partial charge in [-0.2, -0.15) is 8.78 Å². The molecule has 0 bridgehead atoms. The highest BCUT2D eigenvalue weighted by Gasteiger charge is 2.13. The van der Waals surface area contributed by atoms with Crippen molar-refractivity contribution in [1.82, 2.24) is 4.90 Å². The van der Waals surface area contributed by atoms with Gasteiger partial charge in [0, 0.05) is 25.3 Å². The van der Waals surface area contributed by atoms with E-state index in [0.29, 0.717) is 22.5 Å². The van der Waals surface area contributed by atoms with Crippen LogP contribution in [0.25, 0.3) is 0 Å². The Hall–Kier alpha value is -3.16. The number of hydrogen-bond acceptors (Lipinski definition) is 4. The first kappa shape index (κ1) is 20.2. The lowest BCUT2D eigenvalue weighted by molar-refractivity contribution is -0.114. The van der Waals surface area contributed by atoms with E-state index in [-0.39, 0.29) is 24.1 Å². The molecule has 0 saturated heterocycles. The van der Waals surface area contributed by atoms with Crippen molar-refractivity contribution in [2.45, 2.75) is 13.5 Å². The number of hydrogen-bond donors (Lipinski definition) is 2. The second-order valence-corrected chi connectivity index (χ2v) is 6.01. The number of benzene rings is 2. The van der Waals surface area contributed by atoms with Gasteiger partial charge in [0.25, 0.3) is 5.91 Å². The SMILES string of the molecule is Cc1cccc(OC(F)F)c1NCC(=O)Nc1ccc(C(=O)N(C)C)cc1. The molecule has 0 fully saturated rings. The standard InChI is InChI=1S/C19H21F2N3O3/c1-12-5-4-6-15(27-19(20)21)17(12)22-11-16(25)23-14-9-7-13(8-10-14)18(26)24(2)3/h4-10,19,22H,11H2,1-3H3,(H,23,25). The number of carbonyl (C=O) groups is 2.